The molecule has 0 bridgehead atoms. The lowest BCUT2D eigenvalue weighted by Gasteiger charge is -2.33. The SMILES string of the molecule is CCCn1cc(C(=O)NCC2CCCN(c3ccc(C(=O)O)nn3)C2)c(C)n1. The van der Waals surface area contributed by atoms with Crippen LogP contribution in [0.3, 0.4) is 0 Å². The molecule has 9 nitrogen and oxygen atoms in total. The van der Waals surface area contributed by atoms with Gasteiger partial charge in [-0.15, -0.1) is 10.2 Å². The first-order valence-electron chi connectivity index (χ1n) is 9.62. The molecule has 2 N–H and O–H groups in total. The number of aromatic carboxylic acids is 1. The molecule has 9 heteroatoms. The van der Waals surface area contributed by atoms with Crippen LogP contribution in [-0.4, -0.2) is 56.6 Å². The number of piperidine rings is 1. The number of carboxylic acid groups (broad SMARTS) is 1. The van der Waals surface area contributed by atoms with Gasteiger partial charge in [-0.25, -0.2) is 4.79 Å². The van der Waals surface area contributed by atoms with Crippen molar-refractivity contribution in [1.82, 2.24) is 25.3 Å². The highest BCUT2D eigenvalue weighted by atomic mass is 16.4. The molecule has 1 atom stereocenters. The summed E-state index contributed by atoms with van der Waals surface area (Å²) in [5.41, 5.74) is 1.30. The summed E-state index contributed by atoms with van der Waals surface area (Å²) in [6.45, 7) is 6.89. The van der Waals surface area contributed by atoms with Crippen LogP contribution in [0.4, 0.5) is 5.82 Å². The minimum absolute atomic E-state index is 0.0661. The number of nitrogens with zero attached hydrogens (tertiary/aromatic N) is 5. The smallest absolute Gasteiger partial charge is 0.356 e. The molecule has 150 valence electrons. The number of aryl methyl sites for hydroxylation is 2. The zero-order chi connectivity index (χ0) is 20.1. The predicted molar refractivity (Wildman–Crippen MR) is 104 cm³/mol. The Bertz CT molecular complexity index is 833. The fourth-order valence-electron chi connectivity index (χ4n) is 3.46. The average molecular weight is 386 g/mol. The molecule has 2 aromatic rings. The third-order valence-corrected chi connectivity index (χ3v) is 4.91. The van der Waals surface area contributed by atoms with Gasteiger partial charge >= 0.3 is 5.97 Å². The normalized spacial score (nSPS) is 16.8. The average Bonchev–Trinajstić information content (AvgIpc) is 3.07. The number of hydrogen-bond acceptors (Lipinski definition) is 6. The summed E-state index contributed by atoms with van der Waals surface area (Å²) in [4.78, 5) is 25.5. The zero-order valence-corrected chi connectivity index (χ0v) is 16.3. The van der Waals surface area contributed by atoms with Crippen molar-refractivity contribution in [2.24, 2.45) is 5.92 Å². The van der Waals surface area contributed by atoms with E-state index in [-0.39, 0.29) is 11.6 Å². The van der Waals surface area contributed by atoms with Crippen molar-refractivity contribution in [2.75, 3.05) is 24.5 Å². The van der Waals surface area contributed by atoms with Crippen molar-refractivity contribution in [3.8, 4) is 0 Å². The van der Waals surface area contributed by atoms with Gasteiger partial charge in [-0.2, -0.15) is 5.10 Å². The number of rotatable bonds is 7. The van der Waals surface area contributed by atoms with E-state index in [0.29, 0.717) is 23.8 Å². The highest BCUT2D eigenvalue weighted by Gasteiger charge is 2.23. The molecule has 0 spiro atoms. The van der Waals surface area contributed by atoms with Gasteiger partial charge in [0.15, 0.2) is 11.5 Å². The van der Waals surface area contributed by atoms with Gasteiger partial charge in [0.05, 0.1) is 11.3 Å². The van der Waals surface area contributed by atoms with Crippen molar-refractivity contribution in [3.63, 3.8) is 0 Å². The number of aromatic nitrogens is 4. The van der Waals surface area contributed by atoms with E-state index in [9.17, 15) is 9.59 Å². The van der Waals surface area contributed by atoms with E-state index >= 15 is 0 Å². The number of carbonyl (C=O) groups is 2. The Kier molecular flexibility index (Phi) is 6.23. The summed E-state index contributed by atoms with van der Waals surface area (Å²) in [6, 6.07) is 3.15. The number of nitrogens with one attached hydrogen (secondary N) is 1. The molecule has 2 aromatic heterocycles. The second-order valence-electron chi connectivity index (χ2n) is 7.14. The summed E-state index contributed by atoms with van der Waals surface area (Å²) >= 11 is 0. The molecule has 3 rings (SSSR count). The first-order valence-corrected chi connectivity index (χ1v) is 9.62. The molecular weight excluding hydrogens is 360 g/mol. The molecule has 1 aliphatic rings. The van der Waals surface area contributed by atoms with Gasteiger partial charge in [-0.1, -0.05) is 6.92 Å². The Morgan fingerprint density at radius 3 is 2.82 bits per heavy atom. The monoisotopic (exact) mass is 386 g/mol. The maximum absolute atomic E-state index is 12.5. The quantitative estimate of drug-likeness (QED) is 0.745. The van der Waals surface area contributed by atoms with E-state index in [4.69, 9.17) is 5.11 Å². The molecule has 1 fully saturated rings. The lowest BCUT2D eigenvalue weighted by Crippen LogP contribution is -2.41. The summed E-state index contributed by atoms with van der Waals surface area (Å²) in [5, 5.41) is 24.1. The van der Waals surface area contributed by atoms with Crippen LogP contribution >= 0.6 is 0 Å². The first kappa shape index (κ1) is 19.8. The van der Waals surface area contributed by atoms with Crippen LogP contribution in [0.15, 0.2) is 18.3 Å². The van der Waals surface area contributed by atoms with Crippen molar-refractivity contribution in [1.29, 1.82) is 0 Å². The van der Waals surface area contributed by atoms with Crippen molar-refractivity contribution in [2.45, 2.75) is 39.7 Å². The second kappa shape index (κ2) is 8.81. The van der Waals surface area contributed by atoms with Gasteiger partial charge in [-0.05, 0) is 44.2 Å². The minimum atomic E-state index is -1.09. The third-order valence-electron chi connectivity index (χ3n) is 4.91. The minimum Gasteiger partial charge on any atom is -0.476 e. The number of carboxylic acids is 1. The van der Waals surface area contributed by atoms with Crippen LogP contribution in [0.5, 0.6) is 0 Å². The van der Waals surface area contributed by atoms with Crippen LogP contribution in [0, 0.1) is 12.8 Å². The molecule has 3 heterocycles. The second-order valence-corrected chi connectivity index (χ2v) is 7.14. The highest BCUT2D eigenvalue weighted by molar-refractivity contribution is 5.95. The summed E-state index contributed by atoms with van der Waals surface area (Å²) in [5.74, 6) is -0.222. The van der Waals surface area contributed by atoms with Crippen molar-refractivity contribution < 1.29 is 14.7 Å². The van der Waals surface area contributed by atoms with Crippen LogP contribution in [0.2, 0.25) is 0 Å². The topological polar surface area (TPSA) is 113 Å². The van der Waals surface area contributed by atoms with E-state index in [1.807, 2.05) is 11.6 Å². The van der Waals surface area contributed by atoms with E-state index < -0.39 is 5.97 Å². The molecule has 0 aliphatic carbocycles. The molecule has 1 aliphatic heterocycles. The standard InChI is InChI=1S/C19H26N6O3/c1-3-8-25-12-15(13(2)23-25)18(26)20-10-14-5-4-9-24(11-14)17-7-6-16(19(27)28)21-22-17/h6-7,12,14H,3-5,8-11H2,1-2H3,(H,20,26)(H,27,28). The Balaban J connectivity index is 1.56. The Labute approximate surface area is 163 Å². The molecule has 0 radical (unpaired) electrons. The van der Waals surface area contributed by atoms with E-state index in [1.54, 1.807) is 12.3 Å². The molecular formula is C19H26N6O3. The largest absolute Gasteiger partial charge is 0.476 e. The van der Waals surface area contributed by atoms with Crippen LogP contribution in [0.1, 0.15) is 52.7 Å². The van der Waals surface area contributed by atoms with Gasteiger partial charge in [0.2, 0.25) is 0 Å². The Morgan fingerprint density at radius 2 is 2.14 bits per heavy atom. The summed E-state index contributed by atoms with van der Waals surface area (Å²) in [7, 11) is 0. The lowest BCUT2D eigenvalue weighted by atomic mass is 9.98. The van der Waals surface area contributed by atoms with Gasteiger partial charge < -0.3 is 15.3 Å². The zero-order valence-electron chi connectivity index (χ0n) is 16.3. The van der Waals surface area contributed by atoms with Gasteiger partial charge in [0.25, 0.3) is 5.91 Å². The maximum atomic E-state index is 12.5. The third kappa shape index (κ3) is 4.65. The summed E-state index contributed by atoms with van der Waals surface area (Å²) in [6.07, 6.45) is 4.78. The Hall–Kier alpha value is -2.97. The van der Waals surface area contributed by atoms with E-state index in [0.717, 1.165) is 44.6 Å². The molecule has 28 heavy (non-hydrogen) atoms. The van der Waals surface area contributed by atoms with Crippen LogP contribution in [-0.2, 0) is 6.54 Å². The number of carbonyl (C=O) groups excluding carboxylic acids is 1. The molecule has 0 aromatic carbocycles. The van der Waals surface area contributed by atoms with E-state index in [2.05, 4.69) is 32.4 Å². The predicted octanol–water partition coefficient (Wildman–Crippen LogP) is 1.74. The highest BCUT2D eigenvalue weighted by Crippen LogP contribution is 2.21. The van der Waals surface area contributed by atoms with Crippen molar-refractivity contribution >= 4 is 17.7 Å². The fraction of sp³-hybridized carbons (Fsp3) is 0.526. The van der Waals surface area contributed by atoms with Crippen LogP contribution in [0.25, 0.3) is 0 Å². The summed E-state index contributed by atoms with van der Waals surface area (Å²) < 4.78 is 1.81. The fourth-order valence-corrected chi connectivity index (χ4v) is 3.46. The van der Waals surface area contributed by atoms with Crippen LogP contribution < -0.4 is 10.2 Å². The first-order chi connectivity index (χ1) is 13.5. The Morgan fingerprint density at radius 1 is 1.32 bits per heavy atom. The number of hydrogen-bond donors (Lipinski definition) is 2. The lowest BCUT2D eigenvalue weighted by molar-refractivity contribution is 0.0689. The van der Waals surface area contributed by atoms with Gasteiger partial charge in [0, 0.05) is 32.4 Å². The number of anilines is 1. The van der Waals surface area contributed by atoms with Gasteiger partial charge in [0.1, 0.15) is 0 Å². The molecule has 1 saturated heterocycles. The maximum Gasteiger partial charge on any atom is 0.356 e. The van der Waals surface area contributed by atoms with Gasteiger partial charge in [-0.3, -0.25) is 9.48 Å². The molecule has 1 unspecified atom stereocenters. The molecule has 1 amide bonds. The van der Waals surface area contributed by atoms with Crippen molar-refractivity contribution in [3.05, 3.63) is 35.3 Å². The van der Waals surface area contributed by atoms with E-state index in [1.165, 1.54) is 6.07 Å². The molecule has 0 saturated carbocycles. The number of amides is 1.